The summed E-state index contributed by atoms with van der Waals surface area (Å²) in [6.07, 6.45) is 3.82. The van der Waals surface area contributed by atoms with Gasteiger partial charge in [0.15, 0.2) is 0 Å². The van der Waals surface area contributed by atoms with Crippen LogP contribution in [0.3, 0.4) is 0 Å². The third-order valence-electron chi connectivity index (χ3n) is 1.95. The Bertz CT molecular complexity index is 278. The van der Waals surface area contributed by atoms with Gasteiger partial charge in [-0.1, -0.05) is 24.9 Å². The van der Waals surface area contributed by atoms with E-state index in [1.54, 1.807) is 12.3 Å². The average Bonchev–Trinajstić information content (AvgIpc) is 2.17. The van der Waals surface area contributed by atoms with E-state index in [4.69, 9.17) is 17.3 Å². The van der Waals surface area contributed by atoms with E-state index in [1.807, 2.05) is 6.07 Å². The highest BCUT2D eigenvalue weighted by Gasteiger charge is 2.03. The smallest absolute Gasteiger partial charge is 0.144 e. The predicted octanol–water partition coefficient (Wildman–Crippen LogP) is 2.27. The molecule has 1 aromatic rings. The molecule has 1 unspecified atom stereocenters. The Balaban J connectivity index is 2.41. The van der Waals surface area contributed by atoms with Gasteiger partial charge in [-0.25, -0.2) is 4.98 Å². The standard InChI is InChI=1S/C10H16ClN3/c1-2-4-8(12)7-14-10-9(11)5-3-6-13-10/h3,5-6,8H,2,4,7,12H2,1H3,(H,13,14). The number of nitrogens with two attached hydrogens (primary N) is 1. The number of nitrogens with zero attached hydrogens (tertiary/aromatic N) is 1. The molecule has 4 heteroatoms. The van der Waals surface area contributed by atoms with Gasteiger partial charge in [-0.05, 0) is 18.6 Å². The van der Waals surface area contributed by atoms with Crippen molar-refractivity contribution in [3.8, 4) is 0 Å². The molecule has 0 spiro atoms. The summed E-state index contributed by atoms with van der Waals surface area (Å²) in [6.45, 7) is 2.83. The molecule has 0 amide bonds. The van der Waals surface area contributed by atoms with E-state index in [9.17, 15) is 0 Å². The van der Waals surface area contributed by atoms with Crippen LogP contribution in [-0.2, 0) is 0 Å². The van der Waals surface area contributed by atoms with Gasteiger partial charge in [-0.15, -0.1) is 0 Å². The van der Waals surface area contributed by atoms with E-state index in [-0.39, 0.29) is 6.04 Å². The number of pyridine rings is 1. The van der Waals surface area contributed by atoms with Crippen LogP contribution in [0.15, 0.2) is 18.3 Å². The molecule has 0 aliphatic heterocycles. The Morgan fingerprint density at radius 2 is 2.43 bits per heavy atom. The molecule has 1 aromatic heterocycles. The van der Waals surface area contributed by atoms with E-state index in [0.717, 1.165) is 12.8 Å². The topological polar surface area (TPSA) is 50.9 Å². The first-order chi connectivity index (χ1) is 6.74. The summed E-state index contributed by atoms with van der Waals surface area (Å²) < 4.78 is 0. The van der Waals surface area contributed by atoms with Crippen molar-refractivity contribution in [2.45, 2.75) is 25.8 Å². The van der Waals surface area contributed by atoms with Gasteiger partial charge < -0.3 is 11.1 Å². The Morgan fingerprint density at radius 3 is 3.07 bits per heavy atom. The minimum Gasteiger partial charge on any atom is -0.367 e. The van der Waals surface area contributed by atoms with Crippen LogP contribution in [0.25, 0.3) is 0 Å². The lowest BCUT2D eigenvalue weighted by Gasteiger charge is -2.12. The maximum atomic E-state index is 5.92. The summed E-state index contributed by atoms with van der Waals surface area (Å²) in [7, 11) is 0. The fraction of sp³-hybridized carbons (Fsp3) is 0.500. The molecule has 0 saturated heterocycles. The minimum atomic E-state index is 0.165. The normalized spacial score (nSPS) is 12.5. The van der Waals surface area contributed by atoms with Crippen molar-refractivity contribution in [3.05, 3.63) is 23.4 Å². The van der Waals surface area contributed by atoms with Crippen molar-refractivity contribution in [1.29, 1.82) is 0 Å². The molecule has 1 rings (SSSR count). The molecule has 0 saturated carbocycles. The number of rotatable bonds is 5. The molecule has 78 valence electrons. The molecule has 0 fully saturated rings. The van der Waals surface area contributed by atoms with Crippen LogP contribution in [0, 0.1) is 0 Å². The third kappa shape index (κ3) is 3.52. The van der Waals surface area contributed by atoms with Crippen LogP contribution in [0.1, 0.15) is 19.8 Å². The van der Waals surface area contributed by atoms with Gasteiger partial charge in [-0.2, -0.15) is 0 Å². The molecule has 0 aliphatic carbocycles. The van der Waals surface area contributed by atoms with Gasteiger partial charge in [0, 0.05) is 18.8 Å². The van der Waals surface area contributed by atoms with Crippen LogP contribution in [0.4, 0.5) is 5.82 Å². The van der Waals surface area contributed by atoms with Gasteiger partial charge in [0.1, 0.15) is 5.82 Å². The van der Waals surface area contributed by atoms with Gasteiger partial charge >= 0.3 is 0 Å². The molecular weight excluding hydrogens is 198 g/mol. The first-order valence-corrected chi connectivity index (χ1v) is 5.21. The van der Waals surface area contributed by atoms with Crippen molar-refractivity contribution >= 4 is 17.4 Å². The molecule has 0 aromatic carbocycles. The van der Waals surface area contributed by atoms with E-state index in [2.05, 4.69) is 17.2 Å². The summed E-state index contributed by atoms with van der Waals surface area (Å²) >= 11 is 5.92. The second kappa shape index (κ2) is 5.83. The van der Waals surface area contributed by atoms with E-state index >= 15 is 0 Å². The van der Waals surface area contributed by atoms with Crippen LogP contribution in [0.2, 0.25) is 5.02 Å². The molecule has 3 nitrogen and oxygen atoms in total. The molecular formula is C10H16ClN3. The molecule has 0 aliphatic rings. The maximum Gasteiger partial charge on any atom is 0.144 e. The zero-order valence-electron chi connectivity index (χ0n) is 8.33. The maximum absolute atomic E-state index is 5.92. The molecule has 3 N–H and O–H groups in total. The Morgan fingerprint density at radius 1 is 1.64 bits per heavy atom. The molecule has 1 heterocycles. The number of hydrogen-bond donors (Lipinski definition) is 2. The van der Waals surface area contributed by atoms with Gasteiger partial charge in [0.2, 0.25) is 0 Å². The van der Waals surface area contributed by atoms with E-state index in [1.165, 1.54) is 0 Å². The Labute approximate surface area is 89.7 Å². The summed E-state index contributed by atoms with van der Waals surface area (Å²) in [5.74, 6) is 0.709. The fourth-order valence-corrected chi connectivity index (χ4v) is 1.40. The SMILES string of the molecule is CCCC(N)CNc1ncccc1Cl. The quantitative estimate of drug-likeness (QED) is 0.789. The first kappa shape index (κ1) is 11.3. The zero-order valence-corrected chi connectivity index (χ0v) is 9.09. The third-order valence-corrected chi connectivity index (χ3v) is 2.25. The number of aromatic nitrogens is 1. The molecule has 1 atom stereocenters. The van der Waals surface area contributed by atoms with E-state index in [0.29, 0.717) is 17.4 Å². The van der Waals surface area contributed by atoms with Crippen LogP contribution in [-0.4, -0.2) is 17.6 Å². The second-order valence-electron chi connectivity index (χ2n) is 3.26. The lowest BCUT2D eigenvalue weighted by atomic mass is 10.2. The number of anilines is 1. The molecule has 14 heavy (non-hydrogen) atoms. The average molecular weight is 214 g/mol. The summed E-state index contributed by atoms with van der Waals surface area (Å²) in [4.78, 5) is 4.11. The van der Waals surface area contributed by atoms with Gasteiger partial charge in [-0.3, -0.25) is 0 Å². The zero-order chi connectivity index (χ0) is 10.4. The number of nitrogens with one attached hydrogen (secondary N) is 1. The lowest BCUT2D eigenvalue weighted by Crippen LogP contribution is -2.29. The van der Waals surface area contributed by atoms with Crippen LogP contribution >= 0.6 is 11.6 Å². The number of hydrogen-bond acceptors (Lipinski definition) is 3. The number of halogens is 1. The Hall–Kier alpha value is -0.800. The van der Waals surface area contributed by atoms with Gasteiger partial charge in [0.25, 0.3) is 0 Å². The monoisotopic (exact) mass is 213 g/mol. The van der Waals surface area contributed by atoms with Crippen molar-refractivity contribution < 1.29 is 0 Å². The largest absolute Gasteiger partial charge is 0.367 e. The van der Waals surface area contributed by atoms with Crippen molar-refractivity contribution in [2.24, 2.45) is 5.73 Å². The minimum absolute atomic E-state index is 0.165. The lowest BCUT2D eigenvalue weighted by molar-refractivity contribution is 0.626. The fourth-order valence-electron chi connectivity index (χ4n) is 1.22. The summed E-state index contributed by atoms with van der Waals surface area (Å²) in [5, 5.41) is 3.76. The predicted molar refractivity (Wildman–Crippen MR) is 60.6 cm³/mol. The van der Waals surface area contributed by atoms with Crippen LogP contribution < -0.4 is 11.1 Å². The summed E-state index contributed by atoms with van der Waals surface area (Å²) in [5.41, 5.74) is 5.85. The first-order valence-electron chi connectivity index (χ1n) is 4.84. The molecule has 0 radical (unpaired) electrons. The van der Waals surface area contributed by atoms with Crippen LogP contribution in [0.5, 0.6) is 0 Å². The van der Waals surface area contributed by atoms with Gasteiger partial charge in [0.05, 0.1) is 5.02 Å². The molecule has 0 bridgehead atoms. The van der Waals surface area contributed by atoms with Crippen molar-refractivity contribution in [1.82, 2.24) is 4.98 Å². The van der Waals surface area contributed by atoms with Crippen molar-refractivity contribution in [3.63, 3.8) is 0 Å². The van der Waals surface area contributed by atoms with Crippen molar-refractivity contribution in [2.75, 3.05) is 11.9 Å². The second-order valence-corrected chi connectivity index (χ2v) is 3.67. The van der Waals surface area contributed by atoms with E-state index < -0.39 is 0 Å². The highest BCUT2D eigenvalue weighted by atomic mass is 35.5. The highest BCUT2D eigenvalue weighted by molar-refractivity contribution is 6.32. The highest BCUT2D eigenvalue weighted by Crippen LogP contribution is 2.16. The summed E-state index contributed by atoms with van der Waals surface area (Å²) in [6, 6.07) is 3.78. The Kier molecular flexibility index (Phi) is 4.70.